The molecule has 3 rings (SSSR count). The van der Waals surface area contributed by atoms with Crippen molar-refractivity contribution in [1.29, 1.82) is 0 Å². The zero-order chi connectivity index (χ0) is 23.1. The number of H-pyrrole nitrogens is 1. The lowest BCUT2D eigenvalue weighted by Crippen LogP contribution is -2.20. The van der Waals surface area contributed by atoms with Crippen molar-refractivity contribution in [2.24, 2.45) is 0 Å². The predicted octanol–water partition coefficient (Wildman–Crippen LogP) is 3.82. The first kappa shape index (κ1) is 23.7. The number of sulfone groups is 1. The normalized spacial score (nSPS) is 11.3. The minimum Gasteiger partial charge on any atom is -0.323 e. The number of carbonyl (C=O) groups excluding carboxylic acids is 1. The maximum absolute atomic E-state index is 13.6. The van der Waals surface area contributed by atoms with Crippen molar-refractivity contribution in [3.05, 3.63) is 76.5 Å². The van der Waals surface area contributed by atoms with Crippen molar-refractivity contribution in [2.45, 2.75) is 41.1 Å². The Balaban J connectivity index is 1.68. The molecule has 2 N–H and O–H groups in total. The van der Waals surface area contributed by atoms with Crippen LogP contribution in [0.5, 0.6) is 0 Å². The molecular formula is C22H22FN3O4S2. The number of nitrogens with one attached hydrogen (secondary N) is 2. The number of unbranched alkanes of at least 4 members (excludes halogenated alkanes) is 1. The van der Waals surface area contributed by atoms with Crippen LogP contribution in [-0.4, -0.2) is 30.0 Å². The van der Waals surface area contributed by atoms with Gasteiger partial charge in [0.05, 0.1) is 22.5 Å². The van der Waals surface area contributed by atoms with Crippen molar-refractivity contribution in [2.75, 3.05) is 11.1 Å². The first-order chi connectivity index (χ1) is 15.3. The summed E-state index contributed by atoms with van der Waals surface area (Å²) in [5.41, 5.74) is 0.243. The number of carbonyl (C=O) groups is 1. The molecule has 0 atom stereocenters. The number of amides is 1. The van der Waals surface area contributed by atoms with Gasteiger partial charge in [-0.25, -0.2) is 17.8 Å². The lowest BCUT2D eigenvalue weighted by Gasteiger charge is -2.07. The molecule has 0 fully saturated rings. The second-order valence-corrected chi connectivity index (χ2v) is 9.83. The third-order valence-electron chi connectivity index (χ3n) is 4.57. The summed E-state index contributed by atoms with van der Waals surface area (Å²) in [6.07, 6.45) is 3.88. The van der Waals surface area contributed by atoms with E-state index in [4.69, 9.17) is 0 Å². The Morgan fingerprint density at radius 2 is 1.88 bits per heavy atom. The molecule has 3 aromatic rings. The van der Waals surface area contributed by atoms with Gasteiger partial charge in [-0.1, -0.05) is 49.4 Å². The predicted molar refractivity (Wildman–Crippen MR) is 121 cm³/mol. The fourth-order valence-electron chi connectivity index (χ4n) is 2.86. The van der Waals surface area contributed by atoms with Crippen LogP contribution in [0.1, 0.15) is 25.3 Å². The number of para-hydroxylation sites is 1. The number of anilines is 1. The summed E-state index contributed by atoms with van der Waals surface area (Å²) in [5, 5.41) is 2.50. The number of aryl methyl sites for hydroxylation is 1. The fourth-order valence-corrected chi connectivity index (χ4v) is 4.72. The molecule has 1 amide bonds. The van der Waals surface area contributed by atoms with E-state index in [9.17, 15) is 22.4 Å². The SMILES string of the molecule is CCCCc1ccc(S(=O)(=O)c2cnc(SCC(=O)Nc3ccccc3F)[nH]c2=O)cc1. The first-order valence-corrected chi connectivity index (χ1v) is 12.4. The van der Waals surface area contributed by atoms with Gasteiger partial charge in [-0.15, -0.1) is 0 Å². The number of aromatic nitrogens is 2. The van der Waals surface area contributed by atoms with Crippen LogP contribution >= 0.6 is 11.8 Å². The summed E-state index contributed by atoms with van der Waals surface area (Å²) < 4.78 is 39.3. The average molecular weight is 476 g/mol. The molecule has 0 aliphatic carbocycles. The summed E-state index contributed by atoms with van der Waals surface area (Å²) >= 11 is 0.896. The van der Waals surface area contributed by atoms with Gasteiger partial charge in [0.1, 0.15) is 5.82 Å². The summed E-state index contributed by atoms with van der Waals surface area (Å²) in [5.74, 6) is -1.21. The summed E-state index contributed by atoms with van der Waals surface area (Å²) in [4.78, 5) is 30.3. The smallest absolute Gasteiger partial charge is 0.270 e. The second-order valence-electron chi connectivity index (χ2n) is 6.95. The largest absolute Gasteiger partial charge is 0.323 e. The quantitative estimate of drug-likeness (QED) is 0.360. The standard InChI is InChI=1S/C22H22FN3O4S2/c1-2-3-6-15-9-11-16(12-10-15)32(29,30)19-13-24-22(26-21(19)28)31-14-20(27)25-18-8-5-4-7-17(18)23/h4-5,7-13H,2-3,6,14H2,1H3,(H,25,27)(H,24,26,28). The van der Waals surface area contributed by atoms with Crippen LogP contribution in [0.15, 0.2) is 74.5 Å². The molecule has 2 aromatic carbocycles. The van der Waals surface area contributed by atoms with Crippen LogP contribution in [-0.2, 0) is 21.1 Å². The maximum atomic E-state index is 13.6. The molecule has 1 heterocycles. The molecule has 32 heavy (non-hydrogen) atoms. The van der Waals surface area contributed by atoms with Crippen LogP contribution in [0.4, 0.5) is 10.1 Å². The van der Waals surface area contributed by atoms with Crippen molar-refractivity contribution in [1.82, 2.24) is 9.97 Å². The monoisotopic (exact) mass is 475 g/mol. The van der Waals surface area contributed by atoms with Gasteiger partial charge < -0.3 is 10.3 Å². The summed E-state index contributed by atoms with van der Waals surface area (Å²) in [6.45, 7) is 2.08. The van der Waals surface area contributed by atoms with Crippen molar-refractivity contribution >= 4 is 33.2 Å². The number of thioether (sulfide) groups is 1. The van der Waals surface area contributed by atoms with Gasteiger partial charge in [-0.05, 0) is 42.7 Å². The summed E-state index contributed by atoms with van der Waals surface area (Å²) in [6, 6.07) is 12.2. The Morgan fingerprint density at radius 1 is 1.16 bits per heavy atom. The number of hydrogen-bond donors (Lipinski definition) is 2. The minimum atomic E-state index is -4.04. The van der Waals surface area contributed by atoms with E-state index < -0.39 is 32.0 Å². The van der Waals surface area contributed by atoms with E-state index in [-0.39, 0.29) is 21.5 Å². The Morgan fingerprint density at radius 3 is 2.53 bits per heavy atom. The molecule has 0 bridgehead atoms. The Hall–Kier alpha value is -2.98. The van der Waals surface area contributed by atoms with Crippen LogP contribution in [0.25, 0.3) is 0 Å². The topological polar surface area (TPSA) is 109 Å². The fraction of sp³-hybridized carbons (Fsp3) is 0.227. The average Bonchev–Trinajstić information content (AvgIpc) is 2.78. The first-order valence-electron chi connectivity index (χ1n) is 9.92. The molecule has 0 aliphatic rings. The van der Waals surface area contributed by atoms with Gasteiger partial charge >= 0.3 is 0 Å². The maximum Gasteiger partial charge on any atom is 0.270 e. The number of aromatic amines is 1. The van der Waals surface area contributed by atoms with E-state index >= 15 is 0 Å². The highest BCUT2D eigenvalue weighted by Gasteiger charge is 2.22. The van der Waals surface area contributed by atoms with E-state index in [2.05, 4.69) is 22.2 Å². The Kier molecular flexibility index (Phi) is 7.81. The molecule has 168 valence electrons. The van der Waals surface area contributed by atoms with Crippen LogP contribution in [0, 0.1) is 5.82 Å². The molecule has 0 saturated carbocycles. The number of rotatable bonds is 9. The second kappa shape index (κ2) is 10.6. The minimum absolute atomic E-state index is 0.00900. The zero-order valence-corrected chi connectivity index (χ0v) is 18.9. The molecular weight excluding hydrogens is 453 g/mol. The highest BCUT2D eigenvalue weighted by Crippen LogP contribution is 2.20. The molecule has 10 heteroatoms. The van der Waals surface area contributed by atoms with Crippen LogP contribution in [0.3, 0.4) is 0 Å². The van der Waals surface area contributed by atoms with Gasteiger partial charge in [-0.3, -0.25) is 9.59 Å². The van der Waals surface area contributed by atoms with Crippen molar-refractivity contribution in [3.8, 4) is 0 Å². The third kappa shape index (κ3) is 5.83. The van der Waals surface area contributed by atoms with Gasteiger partial charge in [0.25, 0.3) is 5.56 Å². The molecule has 7 nitrogen and oxygen atoms in total. The van der Waals surface area contributed by atoms with Crippen LogP contribution < -0.4 is 10.9 Å². The Labute approximate surface area is 189 Å². The lowest BCUT2D eigenvalue weighted by atomic mass is 10.1. The van der Waals surface area contributed by atoms with Gasteiger partial charge in [0.15, 0.2) is 10.1 Å². The van der Waals surface area contributed by atoms with E-state index in [1.165, 1.54) is 30.3 Å². The molecule has 0 aliphatic heterocycles. The van der Waals surface area contributed by atoms with E-state index in [0.29, 0.717) is 0 Å². The molecule has 0 unspecified atom stereocenters. The highest BCUT2D eigenvalue weighted by atomic mass is 32.2. The number of hydrogen-bond acceptors (Lipinski definition) is 6. The van der Waals surface area contributed by atoms with Crippen molar-refractivity contribution < 1.29 is 17.6 Å². The van der Waals surface area contributed by atoms with Crippen molar-refractivity contribution in [3.63, 3.8) is 0 Å². The number of nitrogens with zero attached hydrogens (tertiary/aromatic N) is 1. The van der Waals surface area contributed by atoms with E-state index in [0.717, 1.165) is 42.8 Å². The number of benzene rings is 2. The zero-order valence-electron chi connectivity index (χ0n) is 17.3. The molecule has 1 aromatic heterocycles. The Bertz CT molecular complexity index is 1260. The van der Waals surface area contributed by atoms with Gasteiger partial charge in [0, 0.05) is 0 Å². The molecule has 0 saturated heterocycles. The van der Waals surface area contributed by atoms with E-state index in [1.54, 1.807) is 18.2 Å². The van der Waals surface area contributed by atoms with Gasteiger partial charge in [-0.2, -0.15) is 0 Å². The molecule has 0 spiro atoms. The lowest BCUT2D eigenvalue weighted by molar-refractivity contribution is -0.113. The third-order valence-corrected chi connectivity index (χ3v) is 7.22. The van der Waals surface area contributed by atoms with Gasteiger partial charge in [0.2, 0.25) is 15.7 Å². The summed E-state index contributed by atoms with van der Waals surface area (Å²) in [7, 11) is -4.04. The highest BCUT2D eigenvalue weighted by molar-refractivity contribution is 7.99. The molecule has 0 radical (unpaired) electrons. The van der Waals surface area contributed by atoms with E-state index in [1.807, 2.05) is 0 Å². The number of halogens is 1. The van der Waals surface area contributed by atoms with Crippen LogP contribution in [0.2, 0.25) is 0 Å².